The monoisotopic (exact) mass is 350 g/mol. The highest BCUT2D eigenvalue weighted by molar-refractivity contribution is 5.85. The molecule has 0 amide bonds. The van der Waals surface area contributed by atoms with Gasteiger partial charge in [0.2, 0.25) is 0 Å². The number of esters is 1. The Hall–Kier alpha value is -1.01. The Bertz CT molecular complexity index is 480. The smallest absolute Gasteiger partial charge is 0.308 e. The van der Waals surface area contributed by atoms with Crippen molar-refractivity contribution in [2.45, 2.75) is 19.9 Å². The molecule has 7 heteroatoms. The molecule has 1 fully saturated rings. The van der Waals surface area contributed by atoms with E-state index in [2.05, 4.69) is 17.1 Å². The van der Waals surface area contributed by atoms with Crippen LogP contribution < -0.4 is 14.8 Å². The molecule has 0 unspecified atom stereocenters. The molecule has 2 rings (SSSR count). The molecule has 5 nitrogen and oxygen atoms in total. The van der Waals surface area contributed by atoms with Crippen molar-refractivity contribution in [1.82, 2.24) is 10.2 Å². The van der Waals surface area contributed by atoms with Gasteiger partial charge < -0.3 is 14.8 Å². The van der Waals surface area contributed by atoms with Crippen LogP contribution in [0.1, 0.15) is 25.5 Å². The average molecular weight is 351 g/mol. The molecule has 1 saturated heterocycles. The topological polar surface area (TPSA) is 50.8 Å². The van der Waals surface area contributed by atoms with Crippen LogP contribution in [0.4, 0.5) is 0 Å². The van der Waals surface area contributed by atoms with Gasteiger partial charge in [-0.2, -0.15) is 0 Å². The number of hydrogen-bond acceptors (Lipinski definition) is 5. The summed E-state index contributed by atoms with van der Waals surface area (Å²) in [5.74, 6) is 0.724. The second-order valence-electron chi connectivity index (χ2n) is 4.97. The van der Waals surface area contributed by atoms with E-state index in [1.807, 2.05) is 12.1 Å². The summed E-state index contributed by atoms with van der Waals surface area (Å²) < 4.78 is 10.4. The van der Waals surface area contributed by atoms with Gasteiger partial charge >= 0.3 is 5.97 Å². The maximum atomic E-state index is 11.1. The summed E-state index contributed by atoms with van der Waals surface area (Å²) >= 11 is 0. The molecule has 0 aromatic heterocycles. The third-order valence-corrected chi connectivity index (χ3v) is 3.62. The molecule has 1 aliphatic heterocycles. The number of halogens is 2. The third kappa shape index (κ3) is 5.32. The normalized spacial score (nSPS) is 16.0. The van der Waals surface area contributed by atoms with E-state index >= 15 is 0 Å². The van der Waals surface area contributed by atoms with Gasteiger partial charge in [-0.05, 0) is 24.6 Å². The highest BCUT2D eigenvalue weighted by Crippen LogP contribution is 2.32. The fraction of sp³-hybridized carbons (Fsp3) is 0.533. The van der Waals surface area contributed by atoms with Gasteiger partial charge in [0.1, 0.15) is 0 Å². The van der Waals surface area contributed by atoms with Crippen molar-refractivity contribution in [1.29, 1.82) is 0 Å². The molecule has 126 valence electrons. The van der Waals surface area contributed by atoms with Crippen LogP contribution in [0.25, 0.3) is 0 Å². The fourth-order valence-corrected chi connectivity index (χ4v) is 2.46. The van der Waals surface area contributed by atoms with Crippen LogP contribution in [0, 0.1) is 0 Å². The Morgan fingerprint density at radius 2 is 1.86 bits per heavy atom. The number of hydrogen-bond donors (Lipinski definition) is 1. The number of methoxy groups -OCH3 is 1. The quantitative estimate of drug-likeness (QED) is 0.667. The van der Waals surface area contributed by atoms with Crippen LogP contribution in [0.15, 0.2) is 18.2 Å². The number of nitrogens with one attached hydrogen (secondary N) is 1. The maximum Gasteiger partial charge on any atom is 0.308 e. The predicted octanol–water partition coefficient (Wildman–Crippen LogP) is 2.43. The molecule has 1 heterocycles. The SMILES string of the molecule is COc1cc([C@@H](C)N2CCNCC2)ccc1OC(C)=O.Cl.Cl. The van der Waals surface area contributed by atoms with Crippen molar-refractivity contribution < 1.29 is 14.3 Å². The number of rotatable bonds is 4. The van der Waals surface area contributed by atoms with E-state index in [1.54, 1.807) is 13.2 Å². The van der Waals surface area contributed by atoms with Gasteiger partial charge in [0, 0.05) is 39.1 Å². The number of nitrogens with zero attached hydrogens (tertiary/aromatic N) is 1. The first-order chi connectivity index (χ1) is 9.61. The van der Waals surface area contributed by atoms with Gasteiger partial charge in [-0.25, -0.2) is 0 Å². The summed E-state index contributed by atoms with van der Waals surface area (Å²) in [4.78, 5) is 13.5. The number of piperazine rings is 1. The molecule has 0 radical (unpaired) electrons. The van der Waals surface area contributed by atoms with E-state index in [1.165, 1.54) is 12.5 Å². The standard InChI is InChI=1S/C15H22N2O3.2ClH/c1-11(17-8-6-16-7-9-17)13-4-5-14(20-12(2)18)15(10-13)19-3;;/h4-5,10-11,16H,6-9H2,1-3H3;2*1H/t11-;;/m1../s1. The highest BCUT2D eigenvalue weighted by atomic mass is 35.5. The fourth-order valence-electron chi connectivity index (χ4n) is 2.46. The Morgan fingerprint density at radius 3 is 2.41 bits per heavy atom. The van der Waals surface area contributed by atoms with Crippen LogP contribution >= 0.6 is 24.8 Å². The van der Waals surface area contributed by atoms with Crippen LogP contribution in [0.5, 0.6) is 11.5 Å². The summed E-state index contributed by atoms with van der Waals surface area (Å²) in [5.41, 5.74) is 1.17. The van der Waals surface area contributed by atoms with Crippen LogP contribution in [0.2, 0.25) is 0 Å². The van der Waals surface area contributed by atoms with E-state index in [4.69, 9.17) is 9.47 Å². The summed E-state index contributed by atoms with van der Waals surface area (Å²) in [7, 11) is 1.58. The molecule has 0 saturated carbocycles. The lowest BCUT2D eigenvalue weighted by Gasteiger charge is -2.33. The van der Waals surface area contributed by atoms with E-state index < -0.39 is 0 Å². The number of ether oxygens (including phenoxy) is 2. The second kappa shape index (κ2) is 9.90. The molecule has 1 N–H and O–H groups in total. The average Bonchev–Trinajstić information content (AvgIpc) is 2.47. The van der Waals surface area contributed by atoms with Gasteiger partial charge in [-0.15, -0.1) is 24.8 Å². The van der Waals surface area contributed by atoms with E-state index in [0.29, 0.717) is 17.5 Å². The number of carbonyl (C=O) groups is 1. The van der Waals surface area contributed by atoms with Crippen molar-refractivity contribution in [2.24, 2.45) is 0 Å². The molecule has 0 aliphatic carbocycles. The van der Waals surface area contributed by atoms with Crippen LogP contribution in [0.3, 0.4) is 0 Å². The zero-order valence-electron chi connectivity index (χ0n) is 13.1. The first-order valence-electron chi connectivity index (χ1n) is 6.93. The molecule has 1 aromatic carbocycles. The lowest BCUT2D eigenvalue weighted by molar-refractivity contribution is -0.132. The molecule has 1 atom stereocenters. The van der Waals surface area contributed by atoms with Crippen molar-refractivity contribution in [3.8, 4) is 11.5 Å². The maximum absolute atomic E-state index is 11.1. The zero-order valence-corrected chi connectivity index (χ0v) is 14.8. The van der Waals surface area contributed by atoms with E-state index in [-0.39, 0.29) is 30.8 Å². The minimum Gasteiger partial charge on any atom is -0.493 e. The van der Waals surface area contributed by atoms with Crippen molar-refractivity contribution in [2.75, 3.05) is 33.3 Å². The van der Waals surface area contributed by atoms with E-state index in [0.717, 1.165) is 26.2 Å². The zero-order chi connectivity index (χ0) is 14.5. The number of carbonyl (C=O) groups excluding carboxylic acids is 1. The Kier molecular flexibility index (Phi) is 9.44. The summed E-state index contributed by atoms with van der Waals surface area (Å²) in [6, 6.07) is 6.06. The van der Waals surface area contributed by atoms with E-state index in [9.17, 15) is 4.79 Å². The predicted molar refractivity (Wildman–Crippen MR) is 91.7 cm³/mol. The largest absolute Gasteiger partial charge is 0.493 e. The van der Waals surface area contributed by atoms with Gasteiger partial charge in [-0.1, -0.05) is 6.07 Å². The minimum atomic E-state index is -0.341. The van der Waals surface area contributed by atoms with Gasteiger partial charge in [0.15, 0.2) is 11.5 Å². The molecular weight excluding hydrogens is 327 g/mol. The number of benzene rings is 1. The molecular formula is C15H24Cl2N2O3. The van der Waals surface area contributed by atoms with Crippen molar-refractivity contribution in [3.05, 3.63) is 23.8 Å². The summed E-state index contributed by atoms with van der Waals surface area (Å²) in [6.45, 7) is 7.69. The molecule has 22 heavy (non-hydrogen) atoms. The summed E-state index contributed by atoms with van der Waals surface area (Å²) in [5, 5.41) is 3.35. The van der Waals surface area contributed by atoms with Gasteiger partial charge in [-0.3, -0.25) is 9.69 Å². The minimum absolute atomic E-state index is 0. The summed E-state index contributed by atoms with van der Waals surface area (Å²) in [6.07, 6.45) is 0. The van der Waals surface area contributed by atoms with Crippen LogP contribution in [-0.4, -0.2) is 44.2 Å². The Morgan fingerprint density at radius 1 is 1.23 bits per heavy atom. The lowest BCUT2D eigenvalue weighted by Crippen LogP contribution is -2.44. The Balaban J connectivity index is 0.00000220. The van der Waals surface area contributed by atoms with Gasteiger partial charge in [0.05, 0.1) is 7.11 Å². The van der Waals surface area contributed by atoms with Crippen molar-refractivity contribution in [3.63, 3.8) is 0 Å². The molecule has 0 bridgehead atoms. The van der Waals surface area contributed by atoms with Crippen LogP contribution in [-0.2, 0) is 4.79 Å². The highest BCUT2D eigenvalue weighted by Gasteiger charge is 2.19. The first-order valence-corrected chi connectivity index (χ1v) is 6.93. The van der Waals surface area contributed by atoms with Crippen molar-refractivity contribution >= 4 is 30.8 Å². The molecule has 0 spiro atoms. The second-order valence-corrected chi connectivity index (χ2v) is 4.97. The third-order valence-electron chi connectivity index (χ3n) is 3.62. The first kappa shape index (κ1) is 21.0. The Labute approximate surface area is 144 Å². The molecule has 1 aliphatic rings. The van der Waals surface area contributed by atoms with Gasteiger partial charge in [0.25, 0.3) is 0 Å². The lowest BCUT2D eigenvalue weighted by atomic mass is 10.1. The molecule has 1 aromatic rings.